The Bertz CT molecular complexity index is 955. The van der Waals surface area contributed by atoms with Crippen LogP contribution in [0.2, 0.25) is 5.02 Å². The number of carbonyl (C=O) groups excluding carboxylic acids is 1. The van der Waals surface area contributed by atoms with Crippen LogP contribution in [0.1, 0.15) is 23.8 Å². The molecule has 2 heterocycles. The summed E-state index contributed by atoms with van der Waals surface area (Å²) in [5.74, 6) is 1.71. The number of methoxy groups -OCH3 is 1. The number of hydrogen-bond donors (Lipinski definition) is 0. The highest BCUT2D eigenvalue weighted by molar-refractivity contribution is 6.30. The summed E-state index contributed by atoms with van der Waals surface area (Å²) in [6, 6.07) is 14.9. The van der Waals surface area contributed by atoms with Gasteiger partial charge in [0.05, 0.1) is 13.0 Å². The highest BCUT2D eigenvalue weighted by Crippen LogP contribution is 2.31. The van der Waals surface area contributed by atoms with Crippen molar-refractivity contribution in [3.63, 3.8) is 0 Å². The Morgan fingerprint density at radius 3 is 2.78 bits per heavy atom. The molecule has 1 amide bonds. The fourth-order valence-electron chi connectivity index (χ4n) is 3.25. The fourth-order valence-corrected chi connectivity index (χ4v) is 3.37. The van der Waals surface area contributed by atoms with Crippen LogP contribution in [0.15, 0.2) is 53.1 Å². The molecule has 1 atom stereocenters. The number of hydrogen-bond acceptors (Lipinski definition) is 5. The van der Waals surface area contributed by atoms with E-state index in [2.05, 4.69) is 10.1 Å². The van der Waals surface area contributed by atoms with E-state index >= 15 is 0 Å². The van der Waals surface area contributed by atoms with E-state index in [-0.39, 0.29) is 11.8 Å². The summed E-state index contributed by atoms with van der Waals surface area (Å²) in [4.78, 5) is 18.7. The van der Waals surface area contributed by atoms with Gasteiger partial charge in [-0.25, -0.2) is 0 Å². The molecule has 0 N–H and O–H groups in total. The highest BCUT2D eigenvalue weighted by atomic mass is 35.5. The first-order valence-electron chi connectivity index (χ1n) is 8.63. The van der Waals surface area contributed by atoms with Crippen LogP contribution in [-0.4, -0.2) is 34.6 Å². The van der Waals surface area contributed by atoms with Gasteiger partial charge in [0.15, 0.2) is 0 Å². The maximum absolute atomic E-state index is 12.5. The molecule has 1 aliphatic rings. The minimum atomic E-state index is -0.110. The average Bonchev–Trinajstić information content (AvgIpc) is 3.30. The van der Waals surface area contributed by atoms with Gasteiger partial charge in [0.25, 0.3) is 0 Å². The molecule has 138 valence electrons. The number of carbonyl (C=O) groups is 1. The number of para-hydroxylation sites is 1. The third-order valence-corrected chi connectivity index (χ3v) is 4.91. The molecule has 3 aromatic rings. The Kier molecular flexibility index (Phi) is 4.81. The van der Waals surface area contributed by atoms with Crippen molar-refractivity contribution in [2.45, 2.75) is 18.9 Å². The molecule has 1 aliphatic heterocycles. The van der Waals surface area contributed by atoms with Gasteiger partial charge < -0.3 is 14.2 Å². The van der Waals surface area contributed by atoms with Crippen molar-refractivity contribution in [3.8, 4) is 17.1 Å². The van der Waals surface area contributed by atoms with Crippen molar-refractivity contribution in [2.24, 2.45) is 0 Å². The number of benzene rings is 2. The lowest BCUT2D eigenvalue weighted by Crippen LogP contribution is -2.24. The second-order valence-corrected chi connectivity index (χ2v) is 6.89. The first kappa shape index (κ1) is 17.5. The molecule has 6 nitrogen and oxygen atoms in total. The van der Waals surface area contributed by atoms with Crippen LogP contribution in [0.4, 0.5) is 0 Å². The second kappa shape index (κ2) is 7.40. The zero-order chi connectivity index (χ0) is 18.8. The molecule has 27 heavy (non-hydrogen) atoms. The minimum Gasteiger partial charge on any atom is -0.496 e. The largest absolute Gasteiger partial charge is 0.496 e. The number of likely N-dealkylation sites (tertiary alicyclic amines) is 1. The molecule has 1 fully saturated rings. The maximum atomic E-state index is 12.5. The molecule has 4 rings (SSSR count). The normalized spacial score (nSPS) is 16.7. The Morgan fingerprint density at radius 2 is 2.00 bits per heavy atom. The summed E-state index contributed by atoms with van der Waals surface area (Å²) in [6.45, 7) is 1.04. The molecular weight excluding hydrogens is 366 g/mol. The van der Waals surface area contributed by atoms with Crippen molar-refractivity contribution in [1.82, 2.24) is 15.0 Å². The molecule has 7 heteroatoms. The van der Waals surface area contributed by atoms with Gasteiger partial charge in [-0.2, -0.15) is 4.98 Å². The van der Waals surface area contributed by atoms with Gasteiger partial charge in [-0.3, -0.25) is 4.79 Å². The zero-order valence-corrected chi connectivity index (χ0v) is 15.5. The molecule has 0 spiro atoms. The van der Waals surface area contributed by atoms with Crippen LogP contribution in [0, 0.1) is 0 Å². The SMILES string of the molecule is COc1ccccc1CN1CC(c2nc(-c3ccc(Cl)cc3)no2)CC1=O. The first-order chi connectivity index (χ1) is 13.1. The number of amides is 1. The lowest BCUT2D eigenvalue weighted by molar-refractivity contribution is -0.128. The quantitative estimate of drug-likeness (QED) is 0.668. The highest BCUT2D eigenvalue weighted by Gasteiger charge is 2.34. The van der Waals surface area contributed by atoms with Gasteiger partial charge in [-0.05, 0) is 30.3 Å². The van der Waals surface area contributed by atoms with Gasteiger partial charge in [0.2, 0.25) is 17.6 Å². The summed E-state index contributed by atoms with van der Waals surface area (Å²) < 4.78 is 10.8. The van der Waals surface area contributed by atoms with Crippen LogP contribution in [0.3, 0.4) is 0 Å². The number of nitrogens with zero attached hydrogens (tertiary/aromatic N) is 3. The molecule has 1 saturated heterocycles. The molecule has 0 aliphatic carbocycles. The summed E-state index contributed by atoms with van der Waals surface area (Å²) in [5, 5.41) is 4.69. The molecule has 0 radical (unpaired) electrons. The van der Waals surface area contributed by atoms with Crippen LogP contribution in [-0.2, 0) is 11.3 Å². The topological polar surface area (TPSA) is 68.5 Å². The standard InChI is InChI=1S/C20H18ClN3O3/c1-26-17-5-3-2-4-14(17)11-24-12-15(10-18(24)25)20-22-19(23-27-20)13-6-8-16(21)9-7-13/h2-9,15H,10-12H2,1H3. The van der Waals surface area contributed by atoms with E-state index in [1.807, 2.05) is 36.4 Å². The Balaban J connectivity index is 1.48. The lowest BCUT2D eigenvalue weighted by Gasteiger charge is -2.17. The summed E-state index contributed by atoms with van der Waals surface area (Å²) in [6.07, 6.45) is 0.359. The molecule has 0 saturated carbocycles. The zero-order valence-electron chi connectivity index (χ0n) is 14.8. The number of halogens is 1. The van der Waals surface area contributed by atoms with Crippen LogP contribution in [0.5, 0.6) is 5.75 Å². The Morgan fingerprint density at radius 1 is 1.22 bits per heavy atom. The van der Waals surface area contributed by atoms with E-state index in [0.717, 1.165) is 16.9 Å². The Hall–Kier alpha value is -2.86. The van der Waals surface area contributed by atoms with Crippen LogP contribution >= 0.6 is 11.6 Å². The van der Waals surface area contributed by atoms with Crippen molar-refractivity contribution >= 4 is 17.5 Å². The van der Waals surface area contributed by atoms with Gasteiger partial charge in [-0.15, -0.1) is 0 Å². The maximum Gasteiger partial charge on any atom is 0.232 e. The number of ether oxygens (including phenoxy) is 1. The monoisotopic (exact) mass is 383 g/mol. The van der Waals surface area contributed by atoms with E-state index in [9.17, 15) is 4.79 Å². The predicted molar refractivity (Wildman–Crippen MR) is 101 cm³/mol. The van der Waals surface area contributed by atoms with E-state index in [1.54, 1.807) is 24.1 Å². The number of aromatic nitrogens is 2. The smallest absolute Gasteiger partial charge is 0.232 e. The van der Waals surface area contributed by atoms with Gasteiger partial charge in [0.1, 0.15) is 5.75 Å². The van der Waals surface area contributed by atoms with Gasteiger partial charge >= 0.3 is 0 Å². The van der Waals surface area contributed by atoms with Gasteiger partial charge in [-0.1, -0.05) is 35.0 Å². The third-order valence-electron chi connectivity index (χ3n) is 4.66. The fraction of sp³-hybridized carbons (Fsp3) is 0.250. The van der Waals surface area contributed by atoms with Crippen LogP contribution in [0.25, 0.3) is 11.4 Å². The average molecular weight is 384 g/mol. The van der Waals surface area contributed by atoms with Gasteiger partial charge in [0, 0.05) is 35.7 Å². The third kappa shape index (κ3) is 3.66. The van der Waals surface area contributed by atoms with Crippen LogP contribution < -0.4 is 4.74 Å². The molecule has 1 aromatic heterocycles. The lowest BCUT2D eigenvalue weighted by atomic mass is 10.1. The summed E-state index contributed by atoms with van der Waals surface area (Å²) in [7, 11) is 1.63. The van der Waals surface area contributed by atoms with Crippen molar-refractivity contribution < 1.29 is 14.1 Å². The summed E-state index contributed by atoms with van der Waals surface area (Å²) >= 11 is 5.91. The van der Waals surface area contributed by atoms with E-state index in [1.165, 1.54) is 0 Å². The summed E-state index contributed by atoms with van der Waals surface area (Å²) in [5.41, 5.74) is 1.80. The van der Waals surface area contributed by atoms with Crippen molar-refractivity contribution in [2.75, 3.05) is 13.7 Å². The Labute approximate surface area is 161 Å². The van der Waals surface area contributed by atoms with E-state index in [0.29, 0.717) is 36.2 Å². The first-order valence-corrected chi connectivity index (χ1v) is 9.01. The van der Waals surface area contributed by atoms with Crippen molar-refractivity contribution in [1.29, 1.82) is 0 Å². The molecule has 0 bridgehead atoms. The predicted octanol–water partition coefficient (Wildman–Crippen LogP) is 3.91. The molecule has 2 aromatic carbocycles. The second-order valence-electron chi connectivity index (χ2n) is 6.45. The molecule has 1 unspecified atom stereocenters. The van der Waals surface area contributed by atoms with E-state index in [4.69, 9.17) is 20.9 Å². The minimum absolute atomic E-state index is 0.0668. The van der Waals surface area contributed by atoms with Crippen molar-refractivity contribution in [3.05, 3.63) is 65.0 Å². The number of rotatable bonds is 5. The van der Waals surface area contributed by atoms with E-state index < -0.39 is 0 Å². The molecular formula is C20H18ClN3O3.